The number of rotatable bonds is 5. The number of nitrogens with one attached hydrogen (secondary N) is 2. The number of hydrogen-bond acceptors (Lipinski definition) is 3. The second-order valence-corrected chi connectivity index (χ2v) is 5.71. The van der Waals surface area contributed by atoms with Crippen molar-refractivity contribution in [3.63, 3.8) is 0 Å². The lowest BCUT2D eigenvalue weighted by molar-refractivity contribution is 0.0946. The Morgan fingerprint density at radius 3 is 2.91 bits per heavy atom. The molecule has 2 aromatic rings. The van der Waals surface area contributed by atoms with E-state index >= 15 is 0 Å². The van der Waals surface area contributed by atoms with Crippen LogP contribution in [0.4, 0.5) is 5.69 Å². The van der Waals surface area contributed by atoms with Gasteiger partial charge in [-0.3, -0.25) is 4.79 Å². The zero-order valence-corrected chi connectivity index (χ0v) is 13.6. The highest BCUT2D eigenvalue weighted by atomic mass is 16.5. The summed E-state index contributed by atoms with van der Waals surface area (Å²) < 4.78 is 5.53. The van der Waals surface area contributed by atoms with Gasteiger partial charge in [0.2, 0.25) is 0 Å². The zero-order chi connectivity index (χ0) is 16.2. The number of carbonyl (C=O) groups excluding carboxylic acids is 1. The van der Waals surface area contributed by atoms with Gasteiger partial charge in [-0.2, -0.15) is 0 Å². The van der Waals surface area contributed by atoms with E-state index in [0.29, 0.717) is 13.2 Å². The molecule has 0 aliphatic carbocycles. The number of aryl methyl sites for hydroxylation is 1. The summed E-state index contributed by atoms with van der Waals surface area (Å²) in [6.07, 6.45) is 0.868. The van der Waals surface area contributed by atoms with Crippen LogP contribution in [0.25, 0.3) is 0 Å². The molecule has 2 aromatic carbocycles. The summed E-state index contributed by atoms with van der Waals surface area (Å²) >= 11 is 0. The van der Waals surface area contributed by atoms with E-state index in [0.717, 1.165) is 35.5 Å². The molecule has 120 valence electrons. The average molecular weight is 310 g/mol. The number of hydrogen-bond donors (Lipinski definition) is 2. The fraction of sp³-hybridized carbons (Fsp3) is 0.316. The molecule has 1 aliphatic rings. The molecule has 4 nitrogen and oxygen atoms in total. The highest BCUT2D eigenvalue weighted by molar-refractivity contribution is 5.98. The van der Waals surface area contributed by atoms with E-state index in [4.69, 9.17) is 4.74 Å². The van der Waals surface area contributed by atoms with Gasteiger partial charge in [-0.25, -0.2) is 0 Å². The molecule has 1 amide bonds. The maximum Gasteiger partial charge on any atom is 0.251 e. The van der Waals surface area contributed by atoms with Crippen LogP contribution in [0.3, 0.4) is 0 Å². The second kappa shape index (κ2) is 6.73. The molecule has 23 heavy (non-hydrogen) atoms. The number of benzene rings is 2. The first-order chi connectivity index (χ1) is 11.2. The monoisotopic (exact) mass is 310 g/mol. The van der Waals surface area contributed by atoms with E-state index < -0.39 is 0 Å². The van der Waals surface area contributed by atoms with Crippen LogP contribution < -0.4 is 15.4 Å². The number of amides is 1. The van der Waals surface area contributed by atoms with Crippen LogP contribution in [0, 0.1) is 6.92 Å². The summed E-state index contributed by atoms with van der Waals surface area (Å²) in [5.74, 6) is 0.926. The van der Waals surface area contributed by atoms with Crippen LogP contribution in [0.5, 0.6) is 5.75 Å². The van der Waals surface area contributed by atoms with Crippen molar-refractivity contribution in [1.29, 1.82) is 0 Å². The molecule has 0 saturated heterocycles. The second-order valence-electron chi connectivity index (χ2n) is 5.71. The van der Waals surface area contributed by atoms with Gasteiger partial charge >= 0.3 is 0 Å². The lowest BCUT2D eigenvalue weighted by atomic mass is 9.98. The molecule has 1 aliphatic heterocycles. The quantitative estimate of drug-likeness (QED) is 0.891. The molecule has 0 aromatic heterocycles. The third-order valence-corrected chi connectivity index (χ3v) is 4.18. The average Bonchev–Trinajstić information content (AvgIpc) is 2.55. The van der Waals surface area contributed by atoms with Crippen molar-refractivity contribution in [2.75, 3.05) is 18.5 Å². The van der Waals surface area contributed by atoms with E-state index in [1.807, 2.05) is 31.2 Å². The minimum atomic E-state index is 0.0205. The summed E-state index contributed by atoms with van der Waals surface area (Å²) in [4.78, 5) is 11.9. The zero-order valence-electron chi connectivity index (χ0n) is 13.6. The van der Waals surface area contributed by atoms with Crippen molar-refractivity contribution in [3.8, 4) is 5.75 Å². The van der Waals surface area contributed by atoms with Gasteiger partial charge < -0.3 is 15.4 Å². The van der Waals surface area contributed by atoms with Gasteiger partial charge in [0.05, 0.1) is 6.61 Å². The minimum absolute atomic E-state index is 0.0205. The van der Waals surface area contributed by atoms with E-state index in [9.17, 15) is 4.79 Å². The highest BCUT2D eigenvalue weighted by Crippen LogP contribution is 2.24. The maximum atomic E-state index is 11.9. The maximum absolute atomic E-state index is 11.9. The van der Waals surface area contributed by atoms with Gasteiger partial charge in [-0.15, -0.1) is 0 Å². The fourth-order valence-corrected chi connectivity index (χ4v) is 2.94. The van der Waals surface area contributed by atoms with Gasteiger partial charge in [0, 0.05) is 24.3 Å². The molecule has 3 rings (SSSR count). The lowest BCUT2D eigenvalue weighted by Gasteiger charge is -2.20. The Bertz CT molecular complexity index is 725. The van der Waals surface area contributed by atoms with E-state index in [-0.39, 0.29) is 5.91 Å². The topological polar surface area (TPSA) is 50.4 Å². The third kappa shape index (κ3) is 3.31. The van der Waals surface area contributed by atoms with Crippen molar-refractivity contribution < 1.29 is 9.53 Å². The molecule has 0 bridgehead atoms. The highest BCUT2D eigenvalue weighted by Gasteiger charge is 2.18. The third-order valence-electron chi connectivity index (χ3n) is 4.18. The van der Waals surface area contributed by atoms with Gasteiger partial charge in [0.1, 0.15) is 5.75 Å². The van der Waals surface area contributed by atoms with E-state index in [1.165, 1.54) is 11.1 Å². The predicted octanol–water partition coefficient (Wildman–Crippen LogP) is 3.29. The first kappa shape index (κ1) is 15.4. The van der Waals surface area contributed by atoms with Gasteiger partial charge in [0.25, 0.3) is 5.91 Å². The Kier molecular flexibility index (Phi) is 4.51. The van der Waals surface area contributed by atoms with Crippen molar-refractivity contribution in [1.82, 2.24) is 5.32 Å². The van der Waals surface area contributed by atoms with Crippen molar-refractivity contribution in [2.24, 2.45) is 0 Å². The summed E-state index contributed by atoms with van der Waals surface area (Å²) in [5, 5.41) is 6.37. The molecular formula is C19H22N2O2. The Hall–Kier alpha value is -2.49. The van der Waals surface area contributed by atoms with E-state index in [2.05, 4.69) is 29.7 Å². The number of fused-ring (bicyclic) bond motifs is 1. The van der Waals surface area contributed by atoms with Crippen LogP contribution in [0.15, 0.2) is 36.4 Å². The molecular weight excluding hydrogens is 288 g/mol. The van der Waals surface area contributed by atoms with Crippen LogP contribution >= 0.6 is 0 Å². The summed E-state index contributed by atoms with van der Waals surface area (Å²) in [6, 6.07) is 12.0. The first-order valence-corrected chi connectivity index (χ1v) is 8.05. The van der Waals surface area contributed by atoms with Gasteiger partial charge in [-0.1, -0.05) is 12.1 Å². The number of carbonyl (C=O) groups is 1. The Labute approximate surface area is 136 Å². The normalized spacial score (nSPS) is 13.2. The molecule has 0 fully saturated rings. The van der Waals surface area contributed by atoms with Crippen molar-refractivity contribution >= 4 is 11.6 Å². The largest absolute Gasteiger partial charge is 0.494 e. The van der Waals surface area contributed by atoms with Crippen molar-refractivity contribution in [2.45, 2.75) is 26.8 Å². The molecule has 0 saturated carbocycles. The van der Waals surface area contributed by atoms with Crippen LogP contribution in [0.2, 0.25) is 0 Å². The fourth-order valence-electron chi connectivity index (χ4n) is 2.94. The predicted molar refractivity (Wildman–Crippen MR) is 92.2 cm³/mol. The summed E-state index contributed by atoms with van der Waals surface area (Å²) in [5.41, 5.74) is 5.37. The Balaban J connectivity index is 1.76. The minimum Gasteiger partial charge on any atom is -0.494 e. The Morgan fingerprint density at radius 2 is 2.13 bits per heavy atom. The lowest BCUT2D eigenvalue weighted by Crippen LogP contribution is -2.32. The first-order valence-electron chi connectivity index (χ1n) is 8.05. The van der Waals surface area contributed by atoms with Gasteiger partial charge in [0.15, 0.2) is 0 Å². The smallest absolute Gasteiger partial charge is 0.251 e. The number of ether oxygens (including phenoxy) is 1. The molecule has 0 spiro atoms. The molecule has 0 unspecified atom stereocenters. The van der Waals surface area contributed by atoms with Crippen LogP contribution in [-0.2, 0) is 13.0 Å². The van der Waals surface area contributed by atoms with Gasteiger partial charge in [-0.05, 0) is 61.2 Å². The standard InChI is InChI=1S/C19H22N2O2/c1-3-23-15-8-7-14(13(2)11-15)12-21-18-6-4-5-17-16(18)9-10-20-19(17)22/h4-8,11,21H,3,9-10,12H2,1-2H3,(H,20,22). The summed E-state index contributed by atoms with van der Waals surface area (Å²) in [7, 11) is 0. The SMILES string of the molecule is CCOc1ccc(CNc2cccc3c2CCNC3=O)c(C)c1. The molecule has 4 heteroatoms. The molecule has 0 atom stereocenters. The van der Waals surface area contributed by atoms with Crippen molar-refractivity contribution in [3.05, 3.63) is 58.7 Å². The van der Waals surface area contributed by atoms with Crippen LogP contribution in [0.1, 0.15) is 34.0 Å². The number of anilines is 1. The molecule has 2 N–H and O–H groups in total. The molecule has 1 heterocycles. The van der Waals surface area contributed by atoms with Crippen LogP contribution in [-0.4, -0.2) is 19.1 Å². The summed E-state index contributed by atoms with van der Waals surface area (Å²) in [6.45, 7) is 6.19. The Morgan fingerprint density at radius 1 is 1.26 bits per heavy atom. The molecule has 0 radical (unpaired) electrons. The van der Waals surface area contributed by atoms with E-state index in [1.54, 1.807) is 0 Å².